The van der Waals surface area contributed by atoms with Crippen LogP contribution in [0.3, 0.4) is 0 Å². The molecule has 0 bridgehead atoms. The maximum absolute atomic E-state index is 12.6. The molecule has 192 valence electrons. The van der Waals surface area contributed by atoms with E-state index in [1.807, 2.05) is 6.92 Å². The summed E-state index contributed by atoms with van der Waals surface area (Å²) in [5.74, 6) is -1.33. The van der Waals surface area contributed by atoms with Gasteiger partial charge < -0.3 is 44.2 Å². The van der Waals surface area contributed by atoms with Gasteiger partial charge >= 0.3 is 5.97 Å². The Balaban J connectivity index is 1.62. The second-order valence-electron chi connectivity index (χ2n) is 8.37. The largest absolute Gasteiger partial charge is 0.508 e. The van der Waals surface area contributed by atoms with Crippen molar-refractivity contribution in [2.75, 3.05) is 6.61 Å². The molecule has 2 aromatic carbocycles. The fourth-order valence-corrected chi connectivity index (χ4v) is 3.75. The molecule has 0 unspecified atom stereocenters. The molecule has 0 amide bonds. The van der Waals surface area contributed by atoms with Gasteiger partial charge in [-0.2, -0.15) is 0 Å². The SMILES string of the molecule is CCCCOC(=O)[C@H]1O[C@@H](Oc2cc(O)c3c(=O)cc(-c4ccc(O)cc4)oc3c2)[C@H](O)[C@H](O)[C@@H]1O. The molecular weight excluding hydrogens is 476 g/mol. The first-order valence-corrected chi connectivity index (χ1v) is 11.3. The number of phenols is 2. The van der Waals surface area contributed by atoms with E-state index in [0.717, 1.165) is 12.5 Å². The number of rotatable bonds is 7. The van der Waals surface area contributed by atoms with Crippen molar-refractivity contribution < 1.29 is 49.0 Å². The van der Waals surface area contributed by atoms with Crippen molar-refractivity contribution in [3.05, 3.63) is 52.7 Å². The summed E-state index contributed by atoms with van der Waals surface area (Å²) >= 11 is 0. The molecule has 0 saturated carbocycles. The minimum atomic E-state index is -1.79. The first-order chi connectivity index (χ1) is 17.2. The zero-order chi connectivity index (χ0) is 26.0. The number of hydrogen-bond acceptors (Lipinski definition) is 11. The van der Waals surface area contributed by atoms with Gasteiger partial charge in [0.05, 0.1) is 6.61 Å². The number of unbranched alkanes of at least 4 members (excludes halogenated alkanes) is 1. The molecular formula is C25H26O11. The van der Waals surface area contributed by atoms with Gasteiger partial charge in [0.25, 0.3) is 0 Å². The predicted octanol–water partition coefficient (Wildman–Crippen LogP) is 1.40. The van der Waals surface area contributed by atoms with Crippen LogP contribution in [-0.4, -0.2) is 68.8 Å². The van der Waals surface area contributed by atoms with Crippen molar-refractivity contribution >= 4 is 16.9 Å². The molecule has 1 aliphatic heterocycles. The maximum Gasteiger partial charge on any atom is 0.338 e. The number of fused-ring (bicyclic) bond motifs is 1. The van der Waals surface area contributed by atoms with E-state index in [2.05, 4.69) is 0 Å². The third-order valence-electron chi connectivity index (χ3n) is 5.73. The van der Waals surface area contributed by atoms with Crippen LogP contribution in [0.2, 0.25) is 0 Å². The van der Waals surface area contributed by atoms with Gasteiger partial charge in [0.2, 0.25) is 6.29 Å². The molecule has 0 radical (unpaired) electrons. The first-order valence-electron chi connectivity index (χ1n) is 11.3. The van der Waals surface area contributed by atoms with Gasteiger partial charge in [0, 0.05) is 23.8 Å². The molecule has 0 aliphatic carbocycles. The lowest BCUT2D eigenvalue weighted by molar-refractivity contribution is -0.272. The number of carbonyl (C=O) groups excluding carboxylic acids is 1. The number of aliphatic hydroxyl groups excluding tert-OH is 3. The van der Waals surface area contributed by atoms with Crippen molar-refractivity contribution in [1.82, 2.24) is 0 Å². The van der Waals surface area contributed by atoms with E-state index < -0.39 is 47.9 Å². The Hall–Kier alpha value is -3.64. The standard InChI is InChI=1S/C25H26O11/c1-2-3-8-33-24(32)23-21(30)20(29)22(31)25(36-23)34-14-9-15(27)19-16(28)11-17(35-18(19)10-14)12-4-6-13(26)7-5-12/h4-7,9-11,20-23,25-27,29-31H,2-3,8H2,1H3/t20-,21+,22-,23+,25-/m1/s1. The molecule has 1 aromatic heterocycles. The van der Waals surface area contributed by atoms with Crippen molar-refractivity contribution in [1.29, 1.82) is 0 Å². The van der Waals surface area contributed by atoms with Gasteiger partial charge in [0.15, 0.2) is 11.5 Å². The molecule has 5 atom stereocenters. The lowest BCUT2D eigenvalue weighted by Crippen LogP contribution is -2.61. The molecule has 0 spiro atoms. The number of aliphatic hydroxyl groups is 3. The van der Waals surface area contributed by atoms with E-state index in [-0.39, 0.29) is 34.8 Å². The zero-order valence-electron chi connectivity index (χ0n) is 19.2. The number of esters is 1. The summed E-state index contributed by atoms with van der Waals surface area (Å²) in [6.07, 6.45) is -7.20. The lowest BCUT2D eigenvalue weighted by Gasteiger charge is -2.39. The average Bonchev–Trinajstić information content (AvgIpc) is 2.84. The summed E-state index contributed by atoms with van der Waals surface area (Å²) in [6.45, 7) is 1.99. The molecule has 1 fully saturated rings. The number of ether oxygens (including phenoxy) is 3. The Labute approximate surface area is 204 Å². The highest BCUT2D eigenvalue weighted by atomic mass is 16.7. The number of carbonyl (C=O) groups is 1. The van der Waals surface area contributed by atoms with Crippen LogP contribution in [0.1, 0.15) is 19.8 Å². The van der Waals surface area contributed by atoms with Gasteiger partial charge in [-0.1, -0.05) is 13.3 Å². The maximum atomic E-state index is 12.6. The Morgan fingerprint density at radius 3 is 2.42 bits per heavy atom. The quantitative estimate of drug-likeness (QED) is 0.233. The third kappa shape index (κ3) is 5.14. The van der Waals surface area contributed by atoms with E-state index in [0.29, 0.717) is 12.0 Å². The topological polar surface area (TPSA) is 176 Å². The Kier molecular flexibility index (Phi) is 7.45. The highest BCUT2D eigenvalue weighted by Crippen LogP contribution is 2.33. The Morgan fingerprint density at radius 2 is 1.72 bits per heavy atom. The van der Waals surface area contributed by atoms with E-state index in [4.69, 9.17) is 18.6 Å². The van der Waals surface area contributed by atoms with Crippen LogP contribution in [-0.2, 0) is 14.3 Å². The minimum absolute atomic E-state index is 0.0288. The molecule has 1 saturated heterocycles. The second-order valence-corrected chi connectivity index (χ2v) is 8.37. The van der Waals surface area contributed by atoms with Gasteiger partial charge in [0.1, 0.15) is 52.3 Å². The third-order valence-corrected chi connectivity index (χ3v) is 5.73. The number of hydrogen-bond donors (Lipinski definition) is 5. The molecule has 4 rings (SSSR count). The normalized spacial score (nSPS) is 23.9. The summed E-state index contributed by atoms with van der Waals surface area (Å²) < 4.78 is 21.8. The highest BCUT2D eigenvalue weighted by molar-refractivity contribution is 5.86. The summed E-state index contributed by atoms with van der Waals surface area (Å²) in [7, 11) is 0. The second kappa shape index (κ2) is 10.5. The van der Waals surface area contributed by atoms with Crippen molar-refractivity contribution in [3.63, 3.8) is 0 Å². The smallest absolute Gasteiger partial charge is 0.338 e. The highest BCUT2D eigenvalue weighted by Gasteiger charge is 2.48. The van der Waals surface area contributed by atoms with Gasteiger partial charge in [-0.3, -0.25) is 4.79 Å². The van der Waals surface area contributed by atoms with E-state index in [1.54, 1.807) is 0 Å². The van der Waals surface area contributed by atoms with Crippen molar-refractivity contribution in [2.24, 2.45) is 0 Å². The van der Waals surface area contributed by atoms with Gasteiger partial charge in [-0.15, -0.1) is 0 Å². The predicted molar refractivity (Wildman–Crippen MR) is 124 cm³/mol. The van der Waals surface area contributed by atoms with E-state index in [1.165, 1.54) is 36.4 Å². The van der Waals surface area contributed by atoms with E-state index >= 15 is 0 Å². The molecule has 5 N–H and O–H groups in total. The fourth-order valence-electron chi connectivity index (χ4n) is 3.75. The molecule has 1 aliphatic rings. The van der Waals surface area contributed by atoms with Crippen LogP contribution in [0.5, 0.6) is 17.2 Å². The van der Waals surface area contributed by atoms with Crippen LogP contribution in [0.4, 0.5) is 0 Å². The van der Waals surface area contributed by atoms with Crippen LogP contribution in [0, 0.1) is 0 Å². The van der Waals surface area contributed by atoms with Gasteiger partial charge in [-0.25, -0.2) is 4.79 Å². The Bertz CT molecular complexity index is 1280. The molecule has 3 aromatic rings. The lowest BCUT2D eigenvalue weighted by atomic mass is 9.99. The number of phenolic OH excluding ortho intramolecular Hbond substituents is 2. The summed E-state index contributed by atoms with van der Waals surface area (Å²) in [5, 5.41) is 50.6. The summed E-state index contributed by atoms with van der Waals surface area (Å²) in [6, 6.07) is 9.46. The van der Waals surface area contributed by atoms with Crippen molar-refractivity contribution in [3.8, 4) is 28.6 Å². The molecule has 11 nitrogen and oxygen atoms in total. The first kappa shape index (κ1) is 25.5. The molecule has 11 heteroatoms. The summed E-state index contributed by atoms with van der Waals surface area (Å²) in [4.78, 5) is 25.0. The molecule has 2 heterocycles. The van der Waals surface area contributed by atoms with Gasteiger partial charge in [-0.05, 0) is 30.7 Å². The van der Waals surface area contributed by atoms with E-state index in [9.17, 15) is 35.1 Å². The zero-order valence-corrected chi connectivity index (χ0v) is 19.2. The average molecular weight is 502 g/mol. The van der Waals surface area contributed by atoms with Crippen LogP contribution < -0.4 is 10.2 Å². The monoisotopic (exact) mass is 502 g/mol. The Morgan fingerprint density at radius 1 is 1.00 bits per heavy atom. The van der Waals surface area contributed by atoms with Crippen molar-refractivity contribution in [2.45, 2.75) is 50.5 Å². The molecule has 36 heavy (non-hydrogen) atoms. The number of benzene rings is 2. The fraction of sp³-hybridized carbons (Fsp3) is 0.360. The van der Waals surface area contributed by atoms with Crippen LogP contribution >= 0.6 is 0 Å². The van der Waals surface area contributed by atoms with Crippen LogP contribution in [0.15, 0.2) is 51.7 Å². The number of aromatic hydroxyl groups is 2. The minimum Gasteiger partial charge on any atom is -0.508 e. The summed E-state index contributed by atoms with van der Waals surface area (Å²) in [5.41, 5.74) is -0.0991. The van der Waals surface area contributed by atoms with Crippen LogP contribution in [0.25, 0.3) is 22.3 Å².